The van der Waals surface area contributed by atoms with Crippen molar-refractivity contribution in [3.8, 4) is 0 Å². The van der Waals surface area contributed by atoms with E-state index in [-0.39, 0.29) is 17.1 Å². The number of furan rings is 1. The molecule has 1 amide bonds. The molecule has 7 heteroatoms. The second-order valence-electron chi connectivity index (χ2n) is 7.09. The number of amides is 1. The van der Waals surface area contributed by atoms with E-state index in [2.05, 4.69) is 29.4 Å². The Balaban J connectivity index is 1.51. The van der Waals surface area contributed by atoms with Gasteiger partial charge in [-0.1, -0.05) is 37.7 Å². The van der Waals surface area contributed by atoms with Crippen LogP contribution in [-0.4, -0.2) is 22.4 Å². The molecule has 0 spiro atoms. The predicted octanol–water partition coefficient (Wildman–Crippen LogP) is 5.15. The molecule has 0 saturated heterocycles. The minimum atomic E-state index is -0.178. The van der Waals surface area contributed by atoms with Crippen LogP contribution >= 0.6 is 23.1 Å². The van der Waals surface area contributed by atoms with E-state index in [4.69, 9.17) is 4.42 Å². The Morgan fingerprint density at radius 1 is 1.30 bits per heavy atom. The molecule has 0 aliphatic rings. The zero-order chi connectivity index (χ0) is 19.4. The summed E-state index contributed by atoms with van der Waals surface area (Å²) in [6, 6.07) is 11.9. The first kappa shape index (κ1) is 19.6. The molecule has 3 rings (SSSR count). The summed E-state index contributed by atoms with van der Waals surface area (Å²) in [5, 5.41) is 4.24. The molecule has 0 atom stereocenters. The molecule has 1 N–H and O–H groups in total. The van der Waals surface area contributed by atoms with Gasteiger partial charge in [0.05, 0.1) is 16.0 Å². The lowest BCUT2D eigenvalue weighted by Gasteiger charge is -2.21. The molecule has 1 aromatic carbocycles. The van der Waals surface area contributed by atoms with Gasteiger partial charge in [-0.3, -0.25) is 4.79 Å². The van der Waals surface area contributed by atoms with Gasteiger partial charge >= 0.3 is 0 Å². The third kappa shape index (κ3) is 5.20. The number of hydrogen-bond acceptors (Lipinski definition) is 6. The first-order chi connectivity index (χ1) is 12.8. The number of thioether (sulfide) groups is 1. The summed E-state index contributed by atoms with van der Waals surface area (Å²) < 4.78 is 7.76. The van der Waals surface area contributed by atoms with Crippen LogP contribution in [0.15, 0.2) is 50.3 Å². The molecule has 2 heterocycles. The van der Waals surface area contributed by atoms with Crippen LogP contribution < -0.4 is 5.43 Å². The van der Waals surface area contributed by atoms with E-state index in [9.17, 15) is 4.79 Å². The minimum absolute atomic E-state index is 0.134. The van der Waals surface area contributed by atoms with E-state index < -0.39 is 0 Å². The Labute approximate surface area is 167 Å². The number of aryl methyl sites for hydroxylation is 1. The number of hydrogen-bond donors (Lipinski definition) is 1. The average Bonchev–Trinajstić information content (AvgIpc) is 3.24. The van der Waals surface area contributed by atoms with Crippen LogP contribution in [0.3, 0.4) is 0 Å². The molecule has 0 saturated carbocycles. The zero-order valence-electron chi connectivity index (χ0n) is 15.9. The molecule has 2 aromatic heterocycles. The number of benzene rings is 1. The zero-order valence-corrected chi connectivity index (χ0v) is 17.5. The summed E-state index contributed by atoms with van der Waals surface area (Å²) in [5.74, 6) is 1.97. The number of fused-ring (bicyclic) bond motifs is 1. The standard InChI is InChI=1S/C20H23N3O2S2/c1-13(11-20(3,4)17-10-9-14(2)25-17)22-23-18(24)12-26-19-21-15-7-5-6-8-16(15)27-19/h5-10H,11-12H2,1-4H3,(H,23,24)/b22-13-. The van der Waals surface area contributed by atoms with Crippen LogP contribution in [-0.2, 0) is 10.2 Å². The third-order valence-corrected chi connectivity index (χ3v) is 6.26. The molecular formula is C20H23N3O2S2. The molecule has 0 unspecified atom stereocenters. The van der Waals surface area contributed by atoms with E-state index in [1.165, 1.54) is 11.8 Å². The van der Waals surface area contributed by atoms with E-state index in [0.29, 0.717) is 6.42 Å². The van der Waals surface area contributed by atoms with Crippen molar-refractivity contribution >= 4 is 44.9 Å². The summed E-state index contributed by atoms with van der Waals surface area (Å²) >= 11 is 3.03. The lowest BCUT2D eigenvalue weighted by molar-refractivity contribution is -0.118. The van der Waals surface area contributed by atoms with Gasteiger partial charge in [0.15, 0.2) is 4.34 Å². The van der Waals surface area contributed by atoms with Crippen LogP contribution in [0.1, 0.15) is 38.7 Å². The van der Waals surface area contributed by atoms with Crippen LogP contribution in [0, 0.1) is 6.92 Å². The van der Waals surface area contributed by atoms with Gasteiger partial charge in [0.2, 0.25) is 0 Å². The second kappa shape index (κ2) is 8.27. The summed E-state index contributed by atoms with van der Waals surface area (Å²) in [6.45, 7) is 8.06. The predicted molar refractivity (Wildman–Crippen MR) is 113 cm³/mol. The fourth-order valence-corrected chi connectivity index (χ4v) is 4.66. The number of para-hydroxylation sites is 1. The van der Waals surface area contributed by atoms with E-state index in [0.717, 1.165) is 31.8 Å². The van der Waals surface area contributed by atoms with Crippen LogP contribution in [0.25, 0.3) is 10.2 Å². The topological polar surface area (TPSA) is 67.5 Å². The van der Waals surface area contributed by atoms with E-state index in [1.54, 1.807) is 11.3 Å². The Bertz CT molecular complexity index is 939. The van der Waals surface area contributed by atoms with Gasteiger partial charge in [-0.15, -0.1) is 11.3 Å². The molecule has 0 fully saturated rings. The Kier molecular flexibility index (Phi) is 6.01. The monoisotopic (exact) mass is 401 g/mol. The molecule has 0 aliphatic heterocycles. The summed E-state index contributed by atoms with van der Waals surface area (Å²) in [7, 11) is 0. The highest BCUT2D eigenvalue weighted by molar-refractivity contribution is 8.01. The maximum absolute atomic E-state index is 12.1. The van der Waals surface area contributed by atoms with E-state index >= 15 is 0 Å². The summed E-state index contributed by atoms with van der Waals surface area (Å²) in [5.41, 5.74) is 4.28. The molecule has 5 nitrogen and oxygen atoms in total. The number of rotatable bonds is 7. The Hall–Kier alpha value is -2.12. The third-order valence-electron chi connectivity index (χ3n) is 4.08. The number of hydrazone groups is 1. The first-order valence-corrected chi connectivity index (χ1v) is 10.5. The molecule has 0 bridgehead atoms. The van der Waals surface area contributed by atoms with Gasteiger partial charge in [0.25, 0.3) is 5.91 Å². The smallest absolute Gasteiger partial charge is 0.250 e. The van der Waals surface area contributed by atoms with Crippen LogP contribution in [0.5, 0.6) is 0 Å². The Morgan fingerprint density at radius 3 is 2.78 bits per heavy atom. The molecular weight excluding hydrogens is 378 g/mol. The number of carbonyl (C=O) groups excluding carboxylic acids is 1. The SMILES string of the molecule is C/C(CC(C)(C)c1ccc(C)o1)=N/NC(=O)CSc1nc2ccccc2s1. The molecule has 142 valence electrons. The number of thiazole rings is 1. The maximum atomic E-state index is 12.1. The minimum Gasteiger partial charge on any atom is -0.466 e. The Morgan fingerprint density at radius 2 is 2.07 bits per heavy atom. The van der Waals surface area contributed by atoms with Crippen molar-refractivity contribution in [1.82, 2.24) is 10.4 Å². The van der Waals surface area contributed by atoms with Gasteiger partial charge < -0.3 is 4.42 Å². The lowest BCUT2D eigenvalue weighted by atomic mass is 9.85. The van der Waals surface area contributed by atoms with E-state index in [1.807, 2.05) is 50.2 Å². The number of nitrogens with one attached hydrogen (secondary N) is 1. The largest absolute Gasteiger partial charge is 0.466 e. The fourth-order valence-electron chi connectivity index (χ4n) is 2.79. The highest BCUT2D eigenvalue weighted by atomic mass is 32.2. The second-order valence-corrected chi connectivity index (χ2v) is 9.34. The first-order valence-electron chi connectivity index (χ1n) is 8.71. The van der Waals surface area contributed by atoms with Gasteiger partial charge in [0, 0.05) is 11.1 Å². The number of nitrogens with zero attached hydrogens (tertiary/aromatic N) is 2. The van der Waals surface area contributed by atoms with Crippen molar-refractivity contribution in [3.05, 3.63) is 47.9 Å². The molecule has 0 radical (unpaired) electrons. The van der Waals surface area contributed by atoms with Crippen LogP contribution in [0.4, 0.5) is 0 Å². The highest BCUT2D eigenvalue weighted by Gasteiger charge is 2.25. The van der Waals surface area contributed by atoms with Gasteiger partial charge in [0.1, 0.15) is 11.5 Å². The van der Waals surface area contributed by atoms with Gasteiger partial charge in [-0.2, -0.15) is 5.10 Å². The van der Waals surface area contributed by atoms with Crippen molar-refractivity contribution in [3.63, 3.8) is 0 Å². The van der Waals surface area contributed by atoms with Crippen molar-refractivity contribution in [1.29, 1.82) is 0 Å². The quantitative estimate of drug-likeness (QED) is 0.338. The number of aromatic nitrogens is 1. The molecule has 3 aromatic rings. The summed E-state index contributed by atoms with van der Waals surface area (Å²) in [4.78, 5) is 16.6. The fraction of sp³-hybridized carbons (Fsp3) is 0.350. The van der Waals surface area contributed by atoms with Gasteiger partial charge in [-0.05, 0) is 44.5 Å². The molecule has 0 aliphatic carbocycles. The van der Waals surface area contributed by atoms with Gasteiger partial charge in [-0.25, -0.2) is 10.4 Å². The highest BCUT2D eigenvalue weighted by Crippen LogP contribution is 2.30. The number of carbonyl (C=O) groups is 1. The van der Waals surface area contributed by atoms with Crippen LogP contribution in [0.2, 0.25) is 0 Å². The average molecular weight is 402 g/mol. The van der Waals surface area contributed by atoms with Crippen molar-refractivity contribution in [2.24, 2.45) is 5.10 Å². The maximum Gasteiger partial charge on any atom is 0.250 e. The van der Waals surface area contributed by atoms with Crippen molar-refractivity contribution < 1.29 is 9.21 Å². The summed E-state index contributed by atoms with van der Waals surface area (Å²) in [6.07, 6.45) is 0.700. The normalized spacial score (nSPS) is 12.5. The van der Waals surface area contributed by atoms with Crippen molar-refractivity contribution in [2.45, 2.75) is 43.9 Å². The molecule has 27 heavy (non-hydrogen) atoms. The van der Waals surface area contributed by atoms with Crippen molar-refractivity contribution in [2.75, 3.05) is 5.75 Å². The lowest BCUT2D eigenvalue weighted by Crippen LogP contribution is -2.24.